The molecule has 0 aliphatic rings. The summed E-state index contributed by atoms with van der Waals surface area (Å²) in [6.45, 7) is 7.47. The summed E-state index contributed by atoms with van der Waals surface area (Å²) in [6.07, 6.45) is 0. The number of nitrogens with zero attached hydrogens (tertiary/aromatic N) is 11. The molecule has 5 aromatic carbocycles. The second kappa shape index (κ2) is 13.4. The first-order chi connectivity index (χ1) is 26.8. The van der Waals surface area contributed by atoms with Gasteiger partial charge in [0.1, 0.15) is 23.3 Å². The van der Waals surface area contributed by atoms with Crippen LogP contribution in [0.2, 0.25) is 0 Å². The van der Waals surface area contributed by atoms with Gasteiger partial charge >= 0.3 is 0 Å². The Morgan fingerprint density at radius 3 is 1.31 bits per heavy atom. The van der Waals surface area contributed by atoms with Crippen molar-refractivity contribution in [1.82, 2.24) is 49.4 Å². The van der Waals surface area contributed by atoms with Crippen LogP contribution in [0.3, 0.4) is 0 Å². The molecule has 9 aromatic rings. The molecule has 0 saturated heterocycles. The molecule has 0 unspecified atom stereocenters. The third kappa shape index (κ3) is 6.21. The highest BCUT2D eigenvalue weighted by Gasteiger charge is 2.22. The zero-order valence-electron chi connectivity index (χ0n) is 30.4. The largest absolute Gasteiger partial charge is 0.308 e. The number of nitriles is 1. The van der Waals surface area contributed by atoms with E-state index >= 15 is 0 Å². The molecule has 0 amide bonds. The molecule has 262 valence electrons. The fraction of sp³-hybridized carbons (Fsp3) is 0.0909. The Hall–Kier alpha value is -7.58. The summed E-state index contributed by atoms with van der Waals surface area (Å²) >= 11 is 0. The highest BCUT2D eigenvalue weighted by atomic mass is 15.1. The number of fused-ring (bicyclic) bond motifs is 3. The van der Waals surface area contributed by atoms with Crippen molar-refractivity contribution < 1.29 is 0 Å². The first-order valence-electron chi connectivity index (χ1n) is 17.7. The van der Waals surface area contributed by atoms with Gasteiger partial charge in [-0.25, -0.2) is 44.9 Å². The highest BCUT2D eigenvalue weighted by Crippen LogP contribution is 2.39. The molecule has 0 spiro atoms. The molecule has 0 aliphatic carbocycles. The molecule has 0 saturated carbocycles. The van der Waals surface area contributed by atoms with Crippen LogP contribution in [0.1, 0.15) is 28.9 Å². The maximum atomic E-state index is 10.2. The van der Waals surface area contributed by atoms with Crippen LogP contribution in [-0.4, -0.2) is 49.4 Å². The van der Waals surface area contributed by atoms with E-state index in [-0.39, 0.29) is 0 Å². The molecule has 0 radical (unpaired) electrons. The maximum absolute atomic E-state index is 10.2. The predicted molar refractivity (Wildman–Crippen MR) is 212 cm³/mol. The number of aryl methyl sites for hydroxylation is 4. The molecular weight excluding hydrogens is 683 g/mol. The molecule has 11 nitrogen and oxygen atoms in total. The van der Waals surface area contributed by atoms with Crippen molar-refractivity contribution in [2.75, 3.05) is 0 Å². The van der Waals surface area contributed by atoms with Crippen molar-refractivity contribution in [1.29, 1.82) is 5.26 Å². The van der Waals surface area contributed by atoms with E-state index in [0.29, 0.717) is 63.5 Å². The molecule has 0 fully saturated rings. The minimum absolute atomic E-state index is 0.440. The molecule has 0 bridgehead atoms. The molecule has 4 heterocycles. The first-order valence-corrected chi connectivity index (χ1v) is 17.7. The molecule has 4 aromatic heterocycles. The normalized spacial score (nSPS) is 11.3. The minimum Gasteiger partial charge on any atom is -0.308 e. The SMILES string of the molecule is Cc1nc(C)nc(-c2ccc3c(c2)c2cc(-c4nc(C)nc(C)n4)ccc2n3-c2ccc(C#N)cc2-c2nc(-c3ccccc3)nc(-c3ccccc3)n2)n1. The first kappa shape index (κ1) is 33.3. The summed E-state index contributed by atoms with van der Waals surface area (Å²) in [6, 6.07) is 40.1. The molecule has 0 N–H and O–H groups in total. The standard InChI is InChI=1S/C44H31N11/c1-25-46-26(2)49-42(48-25)32-16-19-37-34(22-32)35-23-33(43-50-27(3)47-28(4)51-43)17-20-38(35)55(37)39-18-15-29(24-45)21-36(39)44-53-40(30-11-7-5-8-12-30)52-41(54-44)31-13-9-6-10-14-31/h5-23H,1-4H3. The van der Waals surface area contributed by atoms with E-state index in [9.17, 15) is 5.26 Å². The lowest BCUT2D eigenvalue weighted by Gasteiger charge is -2.15. The topological polar surface area (TPSA) is 145 Å². The summed E-state index contributed by atoms with van der Waals surface area (Å²) in [5.74, 6) is 5.29. The second-order valence-corrected chi connectivity index (χ2v) is 13.2. The van der Waals surface area contributed by atoms with Gasteiger partial charge in [0.15, 0.2) is 29.1 Å². The Bertz CT molecular complexity index is 2780. The van der Waals surface area contributed by atoms with Gasteiger partial charge in [-0.1, -0.05) is 60.7 Å². The van der Waals surface area contributed by atoms with E-state index < -0.39 is 0 Å². The van der Waals surface area contributed by atoms with Crippen LogP contribution >= 0.6 is 0 Å². The Morgan fingerprint density at radius 2 is 0.855 bits per heavy atom. The Balaban J connectivity index is 1.34. The quantitative estimate of drug-likeness (QED) is 0.164. The summed E-state index contributed by atoms with van der Waals surface area (Å²) in [5, 5.41) is 12.1. The van der Waals surface area contributed by atoms with E-state index in [4.69, 9.17) is 15.0 Å². The molecule has 9 rings (SSSR count). The van der Waals surface area contributed by atoms with Crippen LogP contribution in [-0.2, 0) is 0 Å². The van der Waals surface area contributed by atoms with Gasteiger partial charge in [0.2, 0.25) is 0 Å². The van der Waals surface area contributed by atoms with Crippen molar-refractivity contribution in [3.05, 3.63) is 144 Å². The molecule has 55 heavy (non-hydrogen) atoms. The average molecular weight is 714 g/mol. The van der Waals surface area contributed by atoms with Gasteiger partial charge < -0.3 is 4.57 Å². The van der Waals surface area contributed by atoms with E-state index in [2.05, 4.69) is 64.8 Å². The van der Waals surface area contributed by atoms with Crippen molar-refractivity contribution >= 4 is 21.8 Å². The summed E-state index contributed by atoms with van der Waals surface area (Å²) < 4.78 is 2.19. The van der Waals surface area contributed by atoms with Crippen LogP contribution in [0.25, 0.3) is 84.4 Å². The van der Waals surface area contributed by atoms with E-state index in [1.54, 1.807) is 0 Å². The Labute approximate surface area is 316 Å². The number of aromatic nitrogens is 10. The molecule has 0 atom stereocenters. The smallest absolute Gasteiger partial charge is 0.166 e. The van der Waals surface area contributed by atoms with E-state index in [1.807, 2.05) is 119 Å². The lowest BCUT2D eigenvalue weighted by molar-refractivity contribution is 0.928. The van der Waals surface area contributed by atoms with Gasteiger partial charge in [-0.15, -0.1) is 0 Å². The lowest BCUT2D eigenvalue weighted by atomic mass is 10.1. The summed E-state index contributed by atoms with van der Waals surface area (Å²) in [7, 11) is 0. The fourth-order valence-corrected chi connectivity index (χ4v) is 6.96. The number of benzene rings is 5. The van der Waals surface area contributed by atoms with Gasteiger partial charge in [-0.2, -0.15) is 5.26 Å². The molecular formula is C44H31N11. The van der Waals surface area contributed by atoms with Crippen molar-refractivity contribution in [2.45, 2.75) is 27.7 Å². The summed E-state index contributed by atoms with van der Waals surface area (Å²) in [4.78, 5) is 42.5. The van der Waals surface area contributed by atoms with Crippen molar-refractivity contribution in [3.63, 3.8) is 0 Å². The lowest BCUT2D eigenvalue weighted by Crippen LogP contribution is -2.04. The maximum Gasteiger partial charge on any atom is 0.166 e. The Kier molecular flexibility index (Phi) is 8.13. The van der Waals surface area contributed by atoms with Crippen molar-refractivity contribution in [2.24, 2.45) is 0 Å². The minimum atomic E-state index is 0.440. The number of hydrogen-bond donors (Lipinski definition) is 0. The number of hydrogen-bond acceptors (Lipinski definition) is 10. The van der Waals surface area contributed by atoms with E-state index in [0.717, 1.165) is 49.7 Å². The van der Waals surface area contributed by atoms with Gasteiger partial charge in [-0.3, -0.25) is 0 Å². The fourth-order valence-electron chi connectivity index (χ4n) is 6.96. The van der Waals surface area contributed by atoms with Crippen LogP contribution in [0.15, 0.2) is 115 Å². The highest BCUT2D eigenvalue weighted by molar-refractivity contribution is 6.11. The van der Waals surface area contributed by atoms with Gasteiger partial charge in [0, 0.05) is 38.6 Å². The Morgan fingerprint density at radius 1 is 0.418 bits per heavy atom. The molecule has 11 heteroatoms. The van der Waals surface area contributed by atoms with Crippen LogP contribution in [0, 0.1) is 39.0 Å². The second-order valence-electron chi connectivity index (χ2n) is 13.2. The number of rotatable bonds is 6. The van der Waals surface area contributed by atoms with Gasteiger partial charge in [0.05, 0.1) is 28.4 Å². The van der Waals surface area contributed by atoms with Crippen molar-refractivity contribution in [3.8, 4) is 68.7 Å². The van der Waals surface area contributed by atoms with Gasteiger partial charge in [0.25, 0.3) is 0 Å². The summed E-state index contributed by atoms with van der Waals surface area (Å²) in [5.41, 5.74) is 7.22. The predicted octanol–water partition coefficient (Wildman–Crippen LogP) is 8.78. The third-order valence-electron chi connectivity index (χ3n) is 9.31. The van der Waals surface area contributed by atoms with Crippen LogP contribution < -0.4 is 0 Å². The average Bonchev–Trinajstić information content (AvgIpc) is 3.53. The monoisotopic (exact) mass is 713 g/mol. The van der Waals surface area contributed by atoms with Crippen LogP contribution in [0.5, 0.6) is 0 Å². The molecule has 0 aliphatic heterocycles. The van der Waals surface area contributed by atoms with Gasteiger partial charge in [-0.05, 0) is 82.3 Å². The zero-order chi connectivity index (χ0) is 37.6. The third-order valence-corrected chi connectivity index (χ3v) is 9.31. The van der Waals surface area contributed by atoms with Crippen LogP contribution in [0.4, 0.5) is 0 Å². The van der Waals surface area contributed by atoms with E-state index in [1.165, 1.54) is 0 Å². The zero-order valence-corrected chi connectivity index (χ0v) is 30.4.